The quantitative estimate of drug-likeness (QED) is 0.873. The summed E-state index contributed by atoms with van der Waals surface area (Å²) in [5.41, 5.74) is 1.84. The third kappa shape index (κ3) is 2.62. The van der Waals surface area contributed by atoms with Crippen molar-refractivity contribution in [2.45, 2.75) is 38.5 Å². The van der Waals surface area contributed by atoms with Gasteiger partial charge in [0, 0.05) is 18.3 Å². The minimum Gasteiger partial charge on any atom is -0.448 e. The number of hydrogen-bond donors (Lipinski definition) is 1. The van der Waals surface area contributed by atoms with E-state index in [1.165, 1.54) is 6.39 Å². The van der Waals surface area contributed by atoms with Crippen molar-refractivity contribution in [2.75, 3.05) is 0 Å². The Bertz CT molecular complexity index is 521. The molecule has 0 saturated carbocycles. The lowest BCUT2D eigenvalue weighted by Crippen LogP contribution is -1.98. The van der Waals surface area contributed by atoms with Crippen LogP contribution in [0.5, 0.6) is 0 Å². The summed E-state index contributed by atoms with van der Waals surface area (Å²) in [6.07, 6.45) is 8.95. The van der Waals surface area contributed by atoms with E-state index in [1.54, 1.807) is 12.4 Å². The van der Waals surface area contributed by atoms with Crippen molar-refractivity contribution in [1.29, 1.82) is 5.26 Å². The molecule has 0 aliphatic rings. The lowest BCUT2D eigenvalue weighted by Gasteiger charge is -2.13. The zero-order valence-electron chi connectivity index (χ0n) is 10.7. The number of aromatic amines is 1. The number of aromatic nitrogens is 2. The van der Waals surface area contributed by atoms with Gasteiger partial charge in [0.25, 0.3) is 0 Å². The summed E-state index contributed by atoms with van der Waals surface area (Å²) in [7, 11) is 0. The van der Waals surface area contributed by atoms with Crippen molar-refractivity contribution < 1.29 is 4.42 Å². The molecule has 2 rings (SSSR count). The second-order valence-corrected chi connectivity index (χ2v) is 4.72. The molecule has 4 nitrogen and oxygen atoms in total. The average Bonchev–Trinajstić information content (AvgIpc) is 3.04. The lowest BCUT2D eigenvalue weighted by molar-refractivity contribution is 0.444. The number of nitrogens with zero attached hydrogens (tertiary/aromatic N) is 2. The molecule has 0 saturated heterocycles. The number of nitriles is 1. The molecule has 0 aliphatic heterocycles. The molecule has 0 radical (unpaired) electrons. The van der Waals surface area contributed by atoms with Crippen LogP contribution in [0, 0.1) is 11.3 Å². The monoisotopic (exact) mass is 243 g/mol. The summed E-state index contributed by atoms with van der Waals surface area (Å²) in [5, 5.41) is 8.99. The summed E-state index contributed by atoms with van der Waals surface area (Å²) >= 11 is 0. The zero-order chi connectivity index (χ0) is 13.0. The largest absolute Gasteiger partial charge is 0.448 e. The molecule has 0 aliphatic carbocycles. The predicted molar refractivity (Wildman–Crippen MR) is 68.1 cm³/mol. The van der Waals surface area contributed by atoms with E-state index >= 15 is 0 Å². The predicted octanol–water partition coefficient (Wildman–Crippen LogP) is 3.56. The summed E-state index contributed by atoms with van der Waals surface area (Å²) < 4.78 is 5.29. The normalized spacial score (nSPS) is 14.1. The minimum absolute atomic E-state index is 0.361. The highest BCUT2D eigenvalue weighted by Gasteiger charge is 2.15. The molecule has 2 aromatic heterocycles. The first-order valence-electron chi connectivity index (χ1n) is 6.17. The highest BCUT2D eigenvalue weighted by molar-refractivity contribution is 5.37. The second kappa shape index (κ2) is 5.54. The fraction of sp³-hybridized carbons (Fsp3) is 0.429. The summed E-state index contributed by atoms with van der Waals surface area (Å²) in [6, 6.07) is 2.21. The van der Waals surface area contributed by atoms with Gasteiger partial charge in [-0.15, -0.1) is 0 Å². The van der Waals surface area contributed by atoms with Crippen molar-refractivity contribution in [2.24, 2.45) is 0 Å². The van der Waals surface area contributed by atoms with E-state index in [0.717, 1.165) is 29.7 Å². The highest BCUT2D eigenvalue weighted by atomic mass is 16.3. The van der Waals surface area contributed by atoms with Gasteiger partial charge < -0.3 is 9.40 Å². The van der Waals surface area contributed by atoms with Crippen LogP contribution in [0.3, 0.4) is 0 Å². The van der Waals surface area contributed by atoms with Crippen LogP contribution >= 0.6 is 0 Å². The maximum Gasteiger partial charge on any atom is 0.180 e. The Hall–Kier alpha value is -2.02. The molecule has 2 heterocycles. The van der Waals surface area contributed by atoms with Gasteiger partial charge in [0.2, 0.25) is 0 Å². The maximum atomic E-state index is 8.99. The molecule has 2 atom stereocenters. The molecule has 0 bridgehead atoms. The van der Waals surface area contributed by atoms with Crippen LogP contribution < -0.4 is 0 Å². The number of rotatable bonds is 5. The Morgan fingerprint density at radius 1 is 1.33 bits per heavy atom. The van der Waals surface area contributed by atoms with E-state index in [4.69, 9.17) is 9.68 Å². The third-order valence-corrected chi connectivity index (χ3v) is 3.40. The smallest absolute Gasteiger partial charge is 0.180 e. The molecule has 2 aromatic rings. The van der Waals surface area contributed by atoms with Gasteiger partial charge in [-0.3, -0.25) is 0 Å². The molecule has 0 aromatic carbocycles. The van der Waals surface area contributed by atoms with E-state index in [2.05, 4.69) is 29.9 Å². The first kappa shape index (κ1) is 12.4. The van der Waals surface area contributed by atoms with E-state index in [0.29, 0.717) is 11.8 Å². The first-order valence-corrected chi connectivity index (χ1v) is 6.17. The van der Waals surface area contributed by atoms with Gasteiger partial charge in [0.05, 0.1) is 11.8 Å². The van der Waals surface area contributed by atoms with Gasteiger partial charge in [-0.1, -0.05) is 13.8 Å². The van der Waals surface area contributed by atoms with Crippen molar-refractivity contribution in [3.05, 3.63) is 41.9 Å². The van der Waals surface area contributed by atoms with Gasteiger partial charge in [-0.2, -0.15) is 5.26 Å². The summed E-state index contributed by atoms with van der Waals surface area (Å²) in [4.78, 5) is 6.93. The topological polar surface area (TPSA) is 65.6 Å². The third-order valence-electron chi connectivity index (χ3n) is 3.40. The lowest BCUT2D eigenvalue weighted by atomic mass is 9.91. The van der Waals surface area contributed by atoms with Crippen molar-refractivity contribution in [1.82, 2.24) is 9.97 Å². The second-order valence-electron chi connectivity index (χ2n) is 4.72. The SMILES string of the molecule is CC(CCC(C)c1c[nH]cc1C#N)c1cnco1. The van der Waals surface area contributed by atoms with Crippen LogP contribution in [0.15, 0.2) is 29.4 Å². The van der Waals surface area contributed by atoms with Crippen LogP contribution in [-0.2, 0) is 0 Å². The molecule has 2 unspecified atom stereocenters. The van der Waals surface area contributed by atoms with Crippen LogP contribution in [0.4, 0.5) is 0 Å². The standard InChI is InChI=1S/C14H17N3O/c1-10(13-7-16-6-12(13)5-15)3-4-11(2)14-8-17-9-18-14/h6-11,16H,3-4H2,1-2H3. The first-order chi connectivity index (χ1) is 8.72. The molecule has 0 fully saturated rings. The van der Waals surface area contributed by atoms with Crippen LogP contribution in [0.25, 0.3) is 0 Å². The summed E-state index contributed by atoms with van der Waals surface area (Å²) in [5.74, 6) is 1.66. The minimum atomic E-state index is 0.361. The number of oxazole rings is 1. The van der Waals surface area contributed by atoms with Crippen LogP contribution in [0.1, 0.15) is 55.4 Å². The van der Waals surface area contributed by atoms with E-state index in [9.17, 15) is 0 Å². The van der Waals surface area contributed by atoms with E-state index in [-0.39, 0.29) is 0 Å². The average molecular weight is 243 g/mol. The number of hydrogen-bond acceptors (Lipinski definition) is 3. The Labute approximate surface area is 107 Å². The van der Waals surface area contributed by atoms with E-state index < -0.39 is 0 Å². The Morgan fingerprint density at radius 3 is 2.78 bits per heavy atom. The molecule has 0 amide bonds. The van der Waals surface area contributed by atoms with Crippen molar-refractivity contribution in [3.63, 3.8) is 0 Å². The summed E-state index contributed by atoms with van der Waals surface area (Å²) in [6.45, 7) is 4.28. The molecule has 4 heteroatoms. The number of nitrogens with one attached hydrogen (secondary N) is 1. The molecule has 0 spiro atoms. The maximum absolute atomic E-state index is 8.99. The fourth-order valence-electron chi connectivity index (χ4n) is 2.15. The molecular formula is C14H17N3O. The Morgan fingerprint density at radius 2 is 2.11 bits per heavy atom. The molecule has 18 heavy (non-hydrogen) atoms. The van der Waals surface area contributed by atoms with Crippen molar-refractivity contribution >= 4 is 0 Å². The van der Waals surface area contributed by atoms with Gasteiger partial charge in [-0.25, -0.2) is 4.98 Å². The highest BCUT2D eigenvalue weighted by Crippen LogP contribution is 2.28. The fourth-order valence-corrected chi connectivity index (χ4v) is 2.15. The molecular weight excluding hydrogens is 226 g/mol. The molecule has 1 N–H and O–H groups in total. The van der Waals surface area contributed by atoms with E-state index in [1.807, 2.05) is 6.20 Å². The van der Waals surface area contributed by atoms with Crippen LogP contribution in [-0.4, -0.2) is 9.97 Å². The van der Waals surface area contributed by atoms with Gasteiger partial charge in [0.1, 0.15) is 11.8 Å². The zero-order valence-corrected chi connectivity index (χ0v) is 10.7. The molecule has 94 valence electrons. The number of H-pyrrole nitrogens is 1. The van der Waals surface area contributed by atoms with Crippen LogP contribution in [0.2, 0.25) is 0 Å². The van der Waals surface area contributed by atoms with Crippen molar-refractivity contribution in [3.8, 4) is 6.07 Å². The van der Waals surface area contributed by atoms with Gasteiger partial charge >= 0.3 is 0 Å². The Balaban J connectivity index is 1.93. The van der Waals surface area contributed by atoms with Gasteiger partial charge in [0.15, 0.2) is 6.39 Å². The Kier molecular flexibility index (Phi) is 3.83. The van der Waals surface area contributed by atoms with Gasteiger partial charge in [-0.05, 0) is 24.3 Å².